The highest BCUT2D eigenvalue weighted by Gasteiger charge is 2.50. The summed E-state index contributed by atoms with van der Waals surface area (Å²) in [5.41, 5.74) is 1.72. The van der Waals surface area contributed by atoms with Crippen molar-refractivity contribution < 1.29 is 24.2 Å². The van der Waals surface area contributed by atoms with Gasteiger partial charge in [0.1, 0.15) is 12.2 Å². The highest BCUT2D eigenvalue weighted by Crippen LogP contribution is 2.43. The van der Waals surface area contributed by atoms with Crippen molar-refractivity contribution in [2.45, 2.75) is 58.3 Å². The van der Waals surface area contributed by atoms with Crippen LogP contribution in [0.1, 0.15) is 50.4 Å². The lowest BCUT2D eigenvalue weighted by atomic mass is 9.90. The van der Waals surface area contributed by atoms with Gasteiger partial charge in [-0.3, -0.25) is 4.79 Å². The van der Waals surface area contributed by atoms with Crippen LogP contribution in [-0.4, -0.2) is 35.4 Å². The molecule has 6 atom stereocenters. The van der Waals surface area contributed by atoms with Crippen LogP contribution in [0.2, 0.25) is 0 Å². The lowest BCUT2D eigenvalue weighted by Crippen LogP contribution is -2.25. The van der Waals surface area contributed by atoms with Gasteiger partial charge in [0.25, 0.3) is 0 Å². The number of aliphatic hydroxyl groups is 1. The van der Waals surface area contributed by atoms with Crippen LogP contribution in [0.5, 0.6) is 0 Å². The first-order chi connectivity index (χ1) is 13.8. The molecule has 1 N–H and O–H groups in total. The lowest BCUT2D eigenvalue weighted by Gasteiger charge is -2.21. The standard InChI is InChI=1S/C24H30O5/c1-15(2)9-10-16(3)20(25)12-11-18-19-13-23(26)28-22(19)14-21(18)29-24(27)17-7-5-4-6-8-17/h4-9,11-12,16,18-22,25H,10,13-14H2,1-3H3/t16?,18-,19-,20-,21-,22+/m1/s1. The maximum Gasteiger partial charge on any atom is 0.338 e. The molecule has 0 radical (unpaired) electrons. The molecule has 1 saturated carbocycles. The van der Waals surface area contributed by atoms with Crippen LogP contribution in [0.25, 0.3) is 0 Å². The van der Waals surface area contributed by atoms with E-state index in [1.54, 1.807) is 30.3 Å². The first-order valence-corrected chi connectivity index (χ1v) is 10.3. The predicted octanol–water partition coefficient (Wildman–Crippen LogP) is 4.07. The average Bonchev–Trinajstić information content (AvgIpc) is 3.20. The summed E-state index contributed by atoms with van der Waals surface area (Å²) in [6.07, 6.45) is 6.21. The second-order valence-corrected chi connectivity index (χ2v) is 8.39. The van der Waals surface area contributed by atoms with Gasteiger partial charge in [0, 0.05) is 18.3 Å². The lowest BCUT2D eigenvalue weighted by molar-refractivity contribution is -0.141. The maximum atomic E-state index is 12.5. The third kappa shape index (κ3) is 5.36. The summed E-state index contributed by atoms with van der Waals surface area (Å²) in [4.78, 5) is 24.3. The van der Waals surface area contributed by atoms with Gasteiger partial charge in [0.2, 0.25) is 0 Å². The molecule has 29 heavy (non-hydrogen) atoms. The molecule has 1 heterocycles. The molecular formula is C24H30O5. The number of aliphatic hydroxyl groups excluding tert-OH is 1. The van der Waals surface area contributed by atoms with Crippen molar-refractivity contribution in [3.05, 3.63) is 59.7 Å². The van der Waals surface area contributed by atoms with E-state index >= 15 is 0 Å². The molecule has 156 valence electrons. The van der Waals surface area contributed by atoms with E-state index in [1.807, 2.05) is 32.9 Å². The van der Waals surface area contributed by atoms with E-state index < -0.39 is 6.10 Å². The first kappa shape index (κ1) is 21.3. The fourth-order valence-electron chi connectivity index (χ4n) is 4.06. The second kappa shape index (κ2) is 9.40. The van der Waals surface area contributed by atoms with Gasteiger partial charge in [0.05, 0.1) is 18.1 Å². The van der Waals surface area contributed by atoms with Gasteiger partial charge in [-0.05, 0) is 38.3 Å². The molecule has 1 unspecified atom stereocenters. The molecule has 1 aromatic rings. The van der Waals surface area contributed by atoms with Gasteiger partial charge in [-0.15, -0.1) is 0 Å². The molecule has 3 rings (SSSR count). The number of esters is 2. The molecule has 0 bridgehead atoms. The Hall–Kier alpha value is -2.40. The number of hydrogen-bond donors (Lipinski definition) is 1. The molecule has 2 fully saturated rings. The molecule has 0 spiro atoms. The third-order valence-electron chi connectivity index (χ3n) is 5.83. The fourth-order valence-corrected chi connectivity index (χ4v) is 4.06. The minimum atomic E-state index is -0.604. The number of rotatable bonds is 7. The minimum Gasteiger partial charge on any atom is -0.462 e. The van der Waals surface area contributed by atoms with Crippen LogP contribution < -0.4 is 0 Å². The van der Waals surface area contributed by atoms with Crippen molar-refractivity contribution in [3.63, 3.8) is 0 Å². The number of benzene rings is 1. The Labute approximate surface area is 172 Å². The molecule has 1 aromatic carbocycles. The van der Waals surface area contributed by atoms with Gasteiger partial charge in [0.15, 0.2) is 0 Å². The van der Waals surface area contributed by atoms with Gasteiger partial charge < -0.3 is 14.6 Å². The molecule has 5 heteroatoms. The molecule has 0 amide bonds. The summed E-state index contributed by atoms with van der Waals surface area (Å²) in [5.74, 6) is -0.677. The summed E-state index contributed by atoms with van der Waals surface area (Å²) >= 11 is 0. The van der Waals surface area contributed by atoms with Crippen LogP contribution in [0.15, 0.2) is 54.1 Å². The summed E-state index contributed by atoms with van der Waals surface area (Å²) in [7, 11) is 0. The van der Waals surface area contributed by atoms with Crippen molar-refractivity contribution >= 4 is 11.9 Å². The Bertz CT molecular complexity index is 778. The van der Waals surface area contributed by atoms with E-state index in [2.05, 4.69) is 6.08 Å². The zero-order chi connectivity index (χ0) is 21.0. The number of ether oxygens (including phenoxy) is 2. The summed E-state index contributed by atoms with van der Waals surface area (Å²) in [5, 5.41) is 10.5. The van der Waals surface area contributed by atoms with Crippen molar-refractivity contribution in [1.29, 1.82) is 0 Å². The van der Waals surface area contributed by atoms with Gasteiger partial charge in [-0.2, -0.15) is 0 Å². The Morgan fingerprint density at radius 3 is 2.72 bits per heavy atom. The van der Waals surface area contributed by atoms with Gasteiger partial charge >= 0.3 is 11.9 Å². The van der Waals surface area contributed by atoms with Crippen molar-refractivity contribution in [1.82, 2.24) is 0 Å². The van der Waals surface area contributed by atoms with E-state index in [1.165, 1.54) is 5.57 Å². The number of fused-ring (bicyclic) bond motifs is 1. The zero-order valence-electron chi connectivity index (χ0n) is 17.3. The fraction of sp³-hybridized carbons (Fsp3) is 0.500. The Balaban J connectivity index is 1.70. The predicted molar refractivity (Wildman–Crippen MR) is 110 cm³/mol. The van der Waals surface area contributed by atoms with E-state index in [4.69, 9.17) is 9.47 Å². The van der Waals surface area contributed by atoms with Crippen LogP contribution in [-0.2, 0) is 14.3 Å². The molecule has 1 saturated heterocycles. The van der Waals surface area contributed by atoms with E-state index in [0.29, 0.717) is 18.4 Å². The number of hydrogen-bond acceptors (Lipinski definition) is 5. The maximum absolute atomic E-state index is 12.5. The summed E-state index contributed by atoms with van der Waals surface area (Å²) in [6, 6.07) is 8.88. The van der Waals surface area contributed by atoms with Crippen LogP contribution in [0.3, 0.4) is 0 Å². The number of carbonyl (C=O) groups excluding carboxylic acids is 2. The highest BCUT2D eigenvalue weighted by atomic mass is 16.6. The Morgan fingerprint density at radius 2 is 2.03 bits per heavy atom. The van der Waals surface area contributed by atoms with Crippen molar-refractivity contribution in [3.8, 4) is 0 Å². The normalized spacial score (nSPS) is 27.9. The SMILES string of the molecule is CC(C)=CCC(C)[C@H](O)C=C[C@@H]1[C@H]2CC(=O)O[C@H]2C[C@H]1OC(=O)c1ccccc1. The molecule has 5 nitrogen and oxygen atoms in total. The number of carbonyl (C=O) groups is 2. The van der Waals surface area contributed by atoms with E-state index in [0.717, 1.165) is 6.42 Å². The largest absolute Gasteiger partial charge is 0.462 e. The summed E-state index contributed by atoms with van der Waals surface area (Å²) < 4.78 is 11.2. The van der Waals surface area contributed by atoms with Crippen molar-refractivity contribution in [2.24, 2.45) is 17.8 Å². The second-order valence-electron chi connectivity index (χ2n) is 8.39. The highest BCUT2D eigenvalue weighted by molar-refractivity contribution is 5.89. The minimum absolute atomic E-state index is 0.0207. The third-order valence-corrected chi connectivity index (χ3v) is 5.83. The Kier molecular flexibility index (Phi) is 6.91. The topological polar surface area (TPSA) is 72.8 Å². The monoisotopic (exact) mass is 398 g/mol. The van der Waals surface area contributed by atoms with Gasteiger partial charge in [-0.1, -0.05) is 48.9 Å². The smallest absolute Gasteiger partial charge is 0.338 e. The zero-order valence-corrected chi connectivity index (χ0v) is 17.3. The van der Waals surface area contributed by atoms with Crippen LogP contribution in [0.4, 0.5) is 0 Å². The summed E-state index contributed by atoms with van der Waals surface area (Å²) in [6.45, 7) is 6.08. The van der Waals surface area contributed by atoms with E-state index in [9.17, 15) is 14.7 Å². The van der Waals surface area contributed by atoms with Gasteiger partial charge in [-0.25, -0.2) is 4.79 Å². The van der Waals surface area contributed by atoms with Crippen LogP contribution in [0, 0.1) is 17.8 Å². The molecular weight excluding hydrogens is 368 g/mol. The average molecular weight is 398 g/mol. The quantitative estimate of drug-likeness (QED) is 0.554. The van der Waals surface area contributed by atoms with E-state index in [-0.39, 0.29) is 41.9 Å². The van der Waals surface area contributed by atoms with Crippen LogP contribution >= 0.6 is 0 Å². The molecule has 1 aliphatic heterocycles. The Morgan fingerprint density at radius 1 is 1.31 bits per heavy atom. The van der Waals surface area contributed by atoms with Crippen molar-refractivity contribution in [2.75, 3.05) is 0 Å². The molecule has 1 aliphatic carbocycles. The number of allylic oxidation sites excluding steroid dienone is 2. The molecule has 2 aliphatic rings. The molecule has 0 aromatic heterocycles. The first-order valence-electron chi connectivity index (χ1n) is 10.3.